The summed E-state index contributed by atoms with van der Waals surface area (Å²) in [5.74, 6) is -1.33. The van der Waals surface area contributed by atoms with Gasteiger partial charge in [0, 0.05) is 11.6 Å². The Morgan fingerprint density at radius 1 is 1.24 bits per heavy atom. The van der Waals surface area contributed by atoms with Crippen LogP contribution in [0.25, 0.3) is 23.2 Å². The van der Waals surface area contributed by atoms with Crippen LogP contribution in [-0.2, 0) is 0 Å². The zero-order valence-electron chi connectivity index (χ0n) is 8.79. The van der Waals surface area contributed by atoms with Crippen LogP contribution in [0.5, 0.6) is 5.75 Å². The lowest BCUT2D eigenvalue weighted by atomic mass is 10.1. The summed E-state index contributed by atoms with van der Waals surface area (Å²) in [6, 6.07) is 5.39. The summed E-state index contributed by atoms with van der Waals surface area (Å²) in [5.41, 5.74) is 1.50. The quantitative estimate of drug-likeness (QED) is 0.786. The molecule has 0 unspecified atom stereocenters. The van der Waals surface area contributed by atoms with Gasteiger partial charge >= 0.3 is 5.97 Å². The number of rotatable bonds is 1. The molecule has 0 fully saturated rings. The molecule has 3 rings (SSSR count). The molecule has 0 saturated carbocycles. The van der Waals surface area contributed by atoms with E-state index < -0.39 is 5.97 Å². The minimum Gasteiger partial charge on any atom is -0.505 e. The highest BCUT2D eigenvalue weighted by Crippen LogP contribution is 2.35. The number of aromatic nitrogens is 1. The number of carboxylic acid groups (broad SMARTS) is 1. The van der Waals surface area contributed by atoms with E-state index in [1.165, 1.54) is 4.57 Å². The van der Waals surface area contributed by atoms with Gasteiger partial charge in [0.15, 0.2) is 11.4 Å². The lowest BCUT2D eigenvalue weighted by molar-refractivity contribution is 0.0686. The molecule has 2 N–H and O–H groups in total. The Labute approximate surface area is 96.7 Å². The molecule has 2 heterocycles. The first kappa shape index (κ1) is 9.72. The number of allylic oxidation sites excluding steroid dienone is 2. The lowest BCUT2D eigenvalue weighted by Gasteiger charge is -2.01. The second-order valence-corrected chi connectivity index (χ2v) is 3.82. The van der Waals surface area contributed by atoms with Crippen LogP contribution < -0.4 is 0 Å². The minimum atomic E-state index is -1.14. The van der Waals surface area contributed by atoms with Crippen molar-refractivity contribution in [1.29, 1.82) is 0 Å². The summed E-state index contributed by atoms with van der Waals surface area (Å²) in [7, 11) is 0. The highest BCUT2D eigenvalue weighted by atomic mass is 16.4. The number of para-hydroxylation sites is 1. The standard InChI is InChI=1S/C13H9NO3/c15-12-9-6-3-5-8-4-1-2-7-14(10(8)9)11(12)13(16)17/h1-7,15H,(H,16,17). The van der Waals surface area contributed by atoms with Gasteiger partial charge in [0.1, 0.15) is 0 Å². The number of hydrogen-bond donors (Lipinski definition) is 2. The summed E-state index contributed by atoms with van der Waals surface area (Å²) in [6.45, 7) is 0. The molecule has 0 aliphatic carbocycles. The Balaban J connectivity index is 2.57. The fourth-order valence-electron chi connectivity index (χ4n) is 2.16. The minimum absolute atomic E-state index is 0.104. The van der Waals surface area contributed by atoms with Gasteiger partial charge in [-0.05, 0) is 17.7 Å². The number of carbonyl (C=O) groups is 1. The molecule has 1 aromatic carbocycles. The molecule has 4 nitrogen and oxygen atoms in total. The van der Waals surface area contributed by atoms with Crippen LogP contribution in [0.15, 0.2) is 30.4 Å². The van der Waals surface area contributed by atoms with Crippen LogP contribution in [0.1, 0.15) is 16.1 Å². The molecule has 2 aromatic rings. The molecule has 0 atom stereocenters. The molecule has 1 aliphatic heterocycles. The summed E-state index contributed by atoms with van der Waals surface area (Å²) in [5, 5.41) is 19.7. The fraction of sp³-hybridized carbons (Fsp3) is 0. The third-order valence-electron chi connectivity index (χ3n) is 2.85. The third-order valence-corrected chi connectivity index (χ3v) is 2.85. The number of carboxylic acids is 1. The zero-order valence-corrected chi connectivity index (χ0v) is 8.79. The van der Waals surface area contributed by atoms with Crippen LogP contribution in [0.3, 0.4) is 0 Å². The second-order valence-electron chi connectivity index (χ2n) is 3.82. The number of hydrogen-bond acceptors (Lipinski definition) is 2. The molecule has 4 heteroatoms. The summed E-state index contributed by atoms with van der Waals surface area (Å²) in [6.07, 6.45) is 7.10. The molecule has 0 amide bonds. The Morgan fingerprint density at radius 3 is 2.82 bits per heavy atom. The largest absolute Gasteiger partial charge is 0.505 e. The Bertz CT molecular complexity index is 692. The van der Waals surface area contributed by atoms with Crippen molar-refractivity contribution < 1.29 is 15.0 Å². The van der Waals surface area contributed by atoms with Gasteiger partial charge < -0.3 is 14.8 Å². The van der Waals surface area contributed by atoms with Crippen molar-refractivity contribution in [2.75, 3.05) is 0 Å². The van der Waals surface area contributed by atoms with Crippen molar-refractivity contribution in [3.63, 3.8) is 0 Å². The third kappa shape index (κ3) is 1.21. The second kappa shape index (κ2) is 3.25. The number of nitrogens with zero attached hydrogens (tertiary/aromatic N) is 1. The van der Waals surface area contributed by atoms with Crippen molar-refractivity contribution in [2.24, 2.45) is 0 Å². The SMILES string of the molecule is O=C(O)c1c(O)c2cccc3c2n1C=CC=C3. The Morgan fingerprint density at radius 2 is 2.06 bits per heavy atom. The van der Waals surface area contributed by atoms with Crippen LogP contribution >= 0.6 is 0 Å². The van der Waals surface area contributed by atoms with Gasteiger partial charge in [0.25, 0.3) is 0 Å². The predicted octanol–water partition coefficient (Wildman–Crippen LogP) is 2.54. The summed E-state index contributed by atoms with van der Waals surface area (Å²) in [4.78, 5) is 11.2. The monoisotopic (exact) mass is 227 g/mol. The average Bonchev–Trinajstić information content (AvgIpc) is 2.47. The Kier molecular flexibility index (Phi) is 1.86. The van der Waals surface area contributed by atoms with Gasteiger partial charge in [-0.25, -0.2) is 4.79 Å². The lowest BCUT2D eigenvalue weighted by Crippen LogP contribution is -2.03. The van der Waals surface area contributed by atoms with E-state index in [1.807, 2.05) is 18.2 Å². The molecule has 0 saturated heterocycles. The topological polar surface area (TPSA) is 62.5 Å². The van der Waals surface area contributed by atoms with Gasteiger partial charge in [-0.1, -0.05) is 24.3 Å². The van der Waals surface area contributed by atoms with Crippen LogP contribution in [0, 0.1) is 0 Å². The number of aromatic hydroxyl groups is 1. The van der Waals surface area contributed by atoms with Crippen molar-refractivity contribution in [3.05, 3.63) is 41.6 Å². The summed E-state index contributed by atoms with van der Waals surface area (Å²) >= 11 is 0. The molecule has 1 aromatic heterocycles. The van der Waals surface area contributed by atoms with Crippen molar-refractivity contribution in [3.8, 4) is 5.75 Å². The van der Waals surface area contributed by atoms with Gasteiger partial charge in [-0.15, -0.1) is 0 Å². The molecular weight excluding hydrogens is 218 g/mol. The van der Waals surface area contributed by atoms with E-state index in [2.05, 4.69) is 0 Å². The van der Waals surface area contributed by atoms with Crippen LogP contribution in [0.4, 0.5) is 0 Å². The summed E-state index contributed by atoms with van der Waals surface area (Å²) < 4.78 is 1.50. The van der Waals surface area contributed by atoms with E-state index in [0.717, 1.165) is 5.56 Å². The van der Waals surface area contributed by atoms with E-state index in [1.54, 1.807) is 24.4 Å². The molecule has 0 radical (unpaired) electrons. The maximum absolute atomic E-state index is 11.2. The molecular formula is C13H9NO3. The molecule has 0 bridgehead atoms. The van der Waals surface area contributed by atoms with Crippen LogP contribution in [0.2, 0.25) is 0 Å². The first-order chi connectivity index (χ1) is 8.20. The van der Waals surface area contributed by atoms with Crippen molar-refractivity contribution >= 4 is 29.1 Å². The first-order valence-electron chi connectivity index (χ1n) is 5.14. The Hall–Kier alpha value is -2.49. The highest BCUT2D eigenvalue weighted by molar-refractivity contribution is 6.05. The van der Waals surface area contributed by atoms with E-state index in [0.29, 0.717) is 10.9 Å². The molecule has 0 spiro atoms. The molecule has 17 heavy (non-hydrogen) atoms. The number of aromatic carboxylic acids is 1. The normalized spacial score (nSPS) is 12.9. The van der Waals surface area contributed by atoms with Gasteiger partial charge in [-0.3, -0.25) is 0 Å². The highest BCUT2D eigenvalue weighted by Gasteiger charge is 2.22. The van der Waals surface area contributed by atoms with Gasteiger partial charge in [-0.2, -0.15) is 0 Å². The predicted molar refractivity (Wildman–Crippen MR) is 64.9 cm³/mol. The smallest absolute Gasteiger partial charge is 0.356 e. The molecule has 84 valence electrons. The van der Waals surface area contributed by atoms with Gasteiger partial charge in [0.2, 0.25) is 0 Å². The van der Waals surface area contributed by atoms with Gasteiger partial charge in [0.05, 0.1) is 5.52 Å². The zero-order chi connectivity index (χ0) is 12.0. The van der Waals surface area contributed by atoms with E-state index in [-0.39, 0.29) is 11.4 Å². The van der Waals surface area contributed by atoms with E-state index >= 15 is 0 Å². The molecule has 1 aliphatic rings. The van der Waals surface area contributed by atoms with E-state index in [4.69, 9.17) is 5.11 Å². The maximum atomic E-state index is 11.2. The first-order valence-corrected chi connectivity index (χ1v) is 5.14. The van der Waals surface area contributed by atoms with Crippen molar-refractivity contribution in [2.45, 2.75) is 0 Å². The maximum Gasteiger partial charge on any atom is 0.356 e. The average molecular weight is 227 g/mol. The number of benzene rings is 1. The van der Waals surface area contributed by atoms with Crippen LogP contribution in [-0.4, -0.2) is 20.7 Å². The van der Waals surface area contributed by atoms with Crippen molar-refractivity contribution in [1.82, 2.24) is 4.57 Å². The fourth-order valence-corrected chi connectivity index (χ4v) is 2.16. The van der Waals surface area contributed by atoms with E-state index in [9.17, 15) is 9.90 Å².